The summed E-state index contributed by atoms with van der Waals surface area (Å²) in [5.74, 6) is -0.444. The van der Waals surface area contributed by atoms with Crippen LogP contribution in [0.4, 0.5) is 10.5 Å². The molecular formula is C29H28Cl2N2O3. The highest BCUT2D eigenvalue weighted by Gasteiger charge is 2.17. The normalized spacial score (nSPS) is 11.3. The summed E-state index contributed by atoms with van der Waals surface area (Å²) in [5, 5.41) is 4.14. The summed E-state index contributed by atoms with van der Waals surface area (Å²) in [6.45, 7) is 4.19. The van der Waals surface area contributed by atoms with Crippen molar-refractivity contribution in [3.63, 3.8) is 0 Å². The van der Waals surface area contributed by atoms with Crippen LogP contribution in [-0.4, -0.2) is 25.2 Å². The van der Waals surface area contributed by atoms with E-state index in [0.29, 0.717) is 22.3 Å². The van der Waals surface area contributed by atoms with Crippen LogP contribution in [0, 0.1) is 0 Å². The Kier molecular flexibility index (Phi) is 9.74. The molecule has 0 bridgehead atoms. The monoisotopic (exact) mass is 522 g/mol. The molecule has 0 spiro atoms. The van der Waals surface area contributed by atoms with Crippen molar-refractivity contribution in [2.45, 2.75) is 26.4 Å². The quantitative estimate of drug-likeness (QED) is 0.189. The van der Waals surface area contributed by atoms with Gasteiger partial charge in [-0.25, -0.2) is 9.59 Å². The van der Waals surface area contributed by atoms with Crippen LogP contribution >= 0.6 is 23.2 Å². The number of halogens is 2. The molecule has 0 atom stereocenters. The van der Waals surface area contributed by atoms with Crippen LogP contribution in [0.1, 0.15) is 36.1 Å². The van der Waals surface area contributed by atoms with E-state index in [1.54, 1.807) is 23.1 Å². The first-order chi connectivity index (χ1) is 17.3. The Bertz CT molecular complexity index is 1250. The first-order valence-corrected chi connectivity index (χ1v) is 12.2. The Balaban J connectivity index is 1.82. The average Bonchev–Trinajstić information content (AvgIpc) is 2.86. The van der Waals surface area contributed by atoms with Gasteiger partial charge in [0.05, 0.1) is 13.7 Å². The number of nitrogens with one attached hydrogen (secondary N) is 1. The third-order valence-corrected chi connectivity index (χ3v) is 5.87. The number of methoxy groups -OCH3 is 1. The van der Waals surface area contributed by atoms with Gasteiger partial charge < -0.3 is 10.1 Å². The average molecular weight is 523 g/mol. The molecule has 186 valence electrons. The summed E-state index contributed by atoms with van der Waals surface area (Å²) in [6, 6.07) is 20.5. The number of carbonyl (C=O) groups is 2. The first-order valence-electron chi connectivity index (χ1n) is 11.4. The summed E-state index contributed by atoms with van der Waals surface area (Å²) < 4.78 is 4.66. The Morgan fingerprint density at radius 1 is 0.917 bits per heavy atom. The number of urea groups is 1. The molecule has 7 heteroatoms. The Hall–Kier alpha value is -3.54. The van der Waals surface area contributed by atoms with Crippen molar-refractivity contribution in [2.75, 3.05) is 12.0 Å². The van der Waals surface area contributed by atoms with Gasteiger partial charge in [-0.3, -0.25) is 4.90 Å². The number of nitrogens with zero attached hydrogens (tertiary/aromatic N) is 1. The van der Waals surface area contributed by atoms with Gasteiger partial charge >= 0.3 is 12.0 Å². The number of ether oxygens (including phenoxy) is 1. The zero-order chi connectivity index (χ0) is 26.1. The second-order valence-electron chi connectivity index (χ2n) is 8.35. The van der Waals surface area contributed by atoms with E-state index in [1.165, 1.54) is 13.2 Å². The summed E-state index contributed by atoms with van der Waals surface area (Å²) in [4.78, 5) is 26.2. The lowest BCUT2D eigenvalue weighted by Gasteiger charge is -2.25. The van der Waals surface area contributed by atoms with E-state index in [2.05, 4.69) is 10.1 Å². The van der Waals surface area contributed by atoms with Gasteiger partial charge in [0, 0.05) is 33.4 Å². The number of amides is 2. The van der Waals surface area contributed by atoms with Crippen molar-refractivity contribution >= 4 is 59.1 Å². The van der Waals surface area contributed by atoms with E-state index < -0.39 is 5.97 Å². The number of hydrogen-bond donors (Lipinski definition) is 1. The topological polar surface area (TPSA) is 58.6 Å². The van der Waals surface area contributed by atoms with E-state index >= 15 is 0 Å². The van der Waals surface area contributed by atoms with Crippen molar-refractivity contribution in [2.24, 2.45) is 0 Å². The van der Waals surface area contributed by atoms with Crippen LogP contribution in [0.15, 0.2) is 72.8 Å². The number of carbonyl (C=O) groups excluding carboxylic acids is 2. The summed E-state index contributed by atoms with van der Waals surface area (Å²) >= 11 is 12.5. The predicted octanol–water partition coefficient (Wildman–Crippen LogP) is 7.47. The molecule has 0 aliphatic heterocycles. The molecule has 3 rings (SSSR count). The van der Waals surface area contributed by atoms with E-state index in [1.807, 2.05) is 80.6 Å². The molecule has 0 aromatic heterocycles. The van der Waals surface area contributed by atoms with E-state index in [4.69, 9.17) is 23.2 Å². The molecule has 0 heterocycles. The molecule has 3 aromatic rings. The second kappa shape index (κ2) is 13.0. The zero-order valence-corrected chi connectivity index (χ0v) is 21.9. The van der Waals surface area contributed by atoms with Crippen LogP contribution in [0.5, 0.6) is 0 Å². The molecule has 0 radical (unpaired) electrons. The summed E-state index contributed by atoms with van der Waals surface area (Å²) in [5.41, 5.74) is 4.18. The maximum Gasteiger partial charge on any atom is 0.330 e. The number of esters is 1. The van der Waals surface area contributed by atoms with Crippen molar-refractivity contribution in [1.29, 1.82) is 0 Å². The van der Waals surface area contributed by atoms with Gasteiger partial charge in [0.25, 0.3) is 0 Å². The smallest absolute Gasteiger partial charge is 0.330 e. The van der Waals surface area contributed by atoms with E-state index in [9.17, 15) is 9.59 Å². The second-order valence-corrected chi connectivity index (χ2v) is 9.17. The molecule has 0 fully saturated rings. The lowest BCUT2D eigenvalue weighted by Crippen LogP contribution is -2.42. The summed E-state index contributed by atoms with van der Waals surface area (Å²) in [6.07, 6.45) is 6.83. The highest BCUT2D eigenvalue weighted by atomic mass is 35.5. The molecule has 1 N–H and O–H groups in total. The van der Waals surface area contributed by atoms with Crippen molar-refractivity contribution in [1.82, 2.24) is 5.32 Å². The minimum Gasteiger partial charge on any atom is -0.466 e. The fourth-order valence-electron chi connectivity index (χ4n) is 3.40. The maximum atomic E-state index is 13.1. The molecule has 0 aliphatic rings. The van der Waals surface area contributed by atoms with Gasteiger partial charge in [-0.05, 0) is 60.9 Å². The van der Waals surface area contributed by atoms with E-state index in [0.717, 1.165) is 22.3 Å². The zero-order valence-electron chi connectivity index (χ0n) is 20.4. The van der Waals surface area contributed by atoms with Crippen molar-refractivity contribution in [3.8, 4) is 0 Å². The lowest BCUT2D eigenvalue weighted by atomic mass is 10.1. The summed E-state index contributed by atoms with van der Waals surface area (Å²) in [7, 11) is 1.33. The minimum atomic E-state index is -0.444. The van der Waals surface area contributed by atoms with Gasteiger partial charge in [0.2, 0.25) is 0 Å². The number of rotatable bonds is 8. The van der Waals surface area contributed by atoms with Crippen LogP contribution in [0.3, 0.4) is 0 Å². The van der Waals surface area contributed by atoms with Crippen LogP contribution in [-0.2, 0) is 16.1 Å². The first kappa shape index (κ1) is 27.1. The SMILES string of the molecule is COC(=O)/C=C/c1cccc(N(Cc2ccc(/C=C/c3c(Cl)cccc3Cl)cc2)C(=O)NC(C)C)c1. The molecule has 0 saturated heterocycles. The van der Waals surface area contributed by atoms with Gasteiger partial charge in [-0.1, -0.05) is 77.8 Å². The minimum absolute atomic E-state index is 0.0217. The maximum absolute atomic E-state index is 13.1. The van der Waals surface area contributed by atoms with Crippen LogP contribution in [0.2, 0.25) is 10.0 Å². The Morgan fingerprint density at radius 3 is 2.22 bits per heavy atom. The number of anilines is 1. The molecule has 36 heavy (non-hydrogen) atoms. The highest BCUT2D eigenvalue weighted by Crippen LogP contribution is 2.26. The van der Waals surface area contributed by atoms with Gasteiger partial charge in [0.15, 0.2) is 0 Å². The van der Waals surface area contributed by atoms with Crippen LogP contribution in [0.25, 0.3) is 18.2 Å². The molecule has 0 unspecified atom stereocenters. The third-order valence-electron chi connectivity index (χ3n) is 5.21. The number of hydrogen-bond acceptors (Lipinski definition) is 3. The van der Waals surface area contributed by atoms with Crippen molar-refractivity contribution in [3.05, 3.63) is 105 Å². The van der Waals surface area contributed by atoms with Gasteiger partial charge in [-0.15, -0.1) is 0 Å². The van der Waals surface area contributed by atoms with E-state index in [-0.39, 0.29) is 12.1 Å². The van der Waals surface area contributed by atoms with Crippen molar-refractivity contribution < 1.29 is 14.3 Å². The lowest BCUT2D eigenvalue weighted by molar-refractivity contribution is -0.134. The highest BCUT2D eigenvalue weighted by molar-refractivity contribution is 6.37. The molecule has 2 amide bonds. The third kappa shape index (κ3) is 7.74. The number of benzene rings is 3. The molecule has 5 nitrogen and oxygen atoms in total. The largest absolute Gasteiger partial charge is 0.466 e. The Labute approximate surface area is 222 Å². The predicted molar refractivity (Wildman–Crippen MR) is 149 cm³/mol. The van der Waals surface area contributed by atoms with Gasteiger partial charge in [0.1, 0.15) is 0 Å². The standard InChI is InChI=1S/C29H28Cl2N2O3/c1-20(2)32-29(35)33(24-7-4-6-22(18-24)15-17-28(34)36-3)19-23-12-10-21(11-13-23)14-16-25-26(30)8-5-9-27(25)31/h4-18,20H,19H2,1-3H3,(H,32,35)/b16-14+,17-15+. The molecule has 0 saturated carbocycles. The Morgan fingerprint density at radius 2 is 1.58 bits per heavy atom. The van der Waals surface area contributed by atoms with Gasteiger partial charge in [-0.2, -0.15) is 0 Å². The van der Waals surface area contributed by atoms with Crippen LogP contribution < -0.4 is 10.2 Å². The fraction of sp³-hybridized carbons (Fsp3) is 0.172. The molecule has 3 aromatic carbocycles. The fourth-order valence-corrected chi connectivity index (χ4v) is 3.92. The molecular weight excluding hydrogens is 495 g/mol. The molecule has 0 aliphatic carbocycles.